The van der Waals surface area contributed by atoms with Crippen LogP contribution in [0.15, 0.2) is 28.5 Å². The molecule has 1 saturated heterocycles. The average molecular weight is 423 g/mol. The number of aromatic nitrogens is 1. The van der Waals surface area contributed by atoms with E-state index in [1.165, 1.54) is 7.11 Å². The predicted molar refractivity (Wildman–Crippen MR) is 100 cm³/mol. The van der Waals surface area contributed by atoms with Gasteiger partial charge in [-0.15, -0.1) is 0 Å². The van der Waals surface area contributed by atoms with E-state index >= 15 is 0 Å². The van der Waals surface area contributed by atoms with E-state index < -0.39 is 11.6 Å². The molecule has 0 aromatic carbocycles. The minimum absolute atomic E-state index is 0.0157. The summed E-state index contributed by atoms with van der Waals surface area (Å²) in [6.45, 7) is 5.52. The normalized spacial score (nSPS) is 22.4. The Hall–Kier alpha value is -1.89. The molecule has 0 unspecified atom stereocenters. The van der Waals surface area contributed by atoms with Gasteiger partial charge in [-0.05, 0) is 73.2 Å². The largest absolute Gasteiger partial charge is 0.466 e. The van der Waals surface area contributed by atoms with Crippen LogP contribution in [0.5, 0.6) is 0 Å². The molecule has 2 aliphatic rings. The molecule has 1 amide bonds. The van der Waals surface area contributed by atoms with Gasteiger partial charge in [-0.25, -0.2) is 14.6 Å². The summed E-state index contributed by atoms with van der Waals surface area (Å²) in [6.07, 6.45) is 3.51. The Morgan fingerprint density at radius 3 is 2.58 bits per heavy atom. The Morgan fingerprint density at radius 2 is 2.00 bits per heavy atom. The van der Waals surface area contributed by atoms with Crippen molar-refractivity contribution >= 4 is 33.6 Å². The molecule has 0 spiro atoms. The zero-order valence-electron chi connectivity index (χ0n) is 15.4. The number of halogens is 1. The number of ether oxygens (including phenoxy) is 2. The molecule has 3 heterocycles. The molecule has 0 aliphatic carbocycles. The summed E-state index contributed by atoms with van der Waals surface area (Å²) < 4.78 is 11.3. The second-order valence-electron chi connectivity index (χ2n) is 7.59. The van der Waals surface area contributed by atoms with Gasteiger partial charge in [0.25, 0.3) is 0 Å². The number of esters is 1. The van der Waals surface area contributed by atoms with E-state index in [0.29, 0.717) is 12.0 Å². The maximum atomic E-state index is 12.7. The molecule has 2 aliphatic heterocycles. The highest BCUT2D eigenvalue weighted by Gasteiger charge is 2.47. The lowest BCUT2D eigenvalue weighted by molar-refractivity contribution is -0.136. The summed E-state index contributed by atoms with van der Waals surface area (Å²) in [5, 5.41) is 0. The third-order valence-corrected chi connectivity index (χ3v) is 5.16. The standard InChI is InChI=1S/C19H23BrN2O4/c1-19(2,3)26-18(24)22-12-6-7-14(22)16(17(23)25-4)13(9-12)11-5-8-15(20)21-10-11/h5,8,10,12,14H,6-7,9H2,1-4H3/t12-,14+/m0/s1. The summed E-state index contributed by atoms with van der Waals surface area (Å²) >= 11 is 3.33. The van der Waals surface area contributed by atoms with Crippen LogP contribution in [-0.4, -0.2) is 46.7 Å². The molecule has 7 heteroatoms. The van der Waals surface area contributed by atoms with Crippen LogP contribution in [0.25, 0.3) is 5.57 Å². The predicted octanol–water partition coefficient (Wildman–Crippen LogP) is 3.94. The topological polar surface area (TPSA) is 68.7 Å². The number of carbonyl (C=O) groups is 2. The molecule has 3 rings (SSSR count). The number of fused-ring (bicyclic) bond motifs is 2. The highest BCUT2D eigenvalue weighted by molar-refractivity contribution is 9.10. The highest BCUT2D eigenvalue weighted by atomic mass is 79.9. The third kappa shape index (κ3) is 3.63. The van der Waals surface area contributed by atoms with E-state index in [1.807, 2.05) is 32.9 Å². The highest BCUT2D eigenvalue weighted by Crippen LogP contribution is 2.44. The van der Waals surface area contributed by atoms with Gasteiger partial charge in [0.2, 0.25) is 0 Å². The molecule has 26 heavy (non-hydrogen) atoms. The zero-order chi connectivity index (χ0) is 19.1. The Balaban J connectivity index is 2.02. The first-order valence-corrected chi connectivity index (χ1v) is 9.45. The zero-order valence-corrected chi connectivity index (χ0v) is 17.0. The van der Waals surface area contributed by atoms with Crippen LogP contribution in [0.3, 0.4) is 0 Å². The second kappa shape index (κ2) is 7.02. The lowest BCUT2D eigenvalue weighted by Gasteiger charge is -2.37. The Bertz CT molecular complexity index is 752. The summed E-state index contributed by atoms with van der Waals surface area (Å²) in [5.41, 5.74) is 1.75. The molecule has 1 fully saturated rings. The molecule has 0 saturated carbocycles. The number of hydrogen-bond donors (Lipinski definition) is 0. The van der Waals surface area contributed by atoms with Crippen molar-refractivity contribution in [3.05, 3.63) is 34.1 Å². The molecular formula is C19H23BrN2O4. The molecule has 140 valence electrons. The Labute approximate surface area is 161 Å². The van der Waals surface area contributed by atoms with Crippen molar-refractivity contribution in [1.29, 1.82) is 0 Å². The van der Waals surface area contributed by atoms with Crippen molar-refractivity contribution in [1.82, 2.24) is 9.88 Å². The Morgan fingerprint density at radius 1 is 1.27 bits per heavy atom. The molecule has 1 aromatic rings. The van der Waals surface area contributed by atoms with Crippen LogP contribution < -0.4 is 0 Å². The van der Waals surface area contributed by atoms with Gasteiger partial charge >= 0.3 is 12.1 Å². The van der Waals surface area contributed by atoms with Crippen LogP contribution in [0, 0.1) is 0 Å². The van der Waals surface area contributed by atoms with Gasteiger partial charge in [0, 0.05) is 12.2 Å². The first kappa shape index (κ1) is 18.9. The summed E-state index contributed by atoms with van der Waals surface area (Å²) in [6, 6.07) is 3.47. The minimum Gasteiger partial charge on any atom is -0.466 e. The van der Waals surface area contributed by atoms with Gasteiger partial charge in [0.15, 0.2) is 0 Å². The molecule has 0 N–H and O–H groups in total. The molecule has 2 bridgehead atoms. The lowest BCUT2D eigenvalue weighted by Crippen LogP contribution is -2.48. The van der Waals surface area contributed by atoms with Crippen LogP contribution >= 0.6 is 15.9 Å². The monoisotopic (exact) mass is 422 g/mol. The van der Waals surface area contributed by atoms with E-state index in [0.717, 1.165) is 28.6 Å². The third-order valence-electron chi connectivity index (χ3n) is 4.69. The summed E-state index contributed by atoms with van der Waals surface area (Å²) in [5.74, 6) is -0.401. The number of methoxy groups -OCH3 is 1. The molecule has 0 radical (unpaired) electrons. The number of amides is 1. The average Bonchev–Trinajstić information content (AvgIpc) is 2.87. The number of pyridine rings is 1. The van der Waals surface area contributed by atoms with Gasteiger partial charge in [-0.1, -0.05) is 6.07 Å². The smallest absolute Gasteiger partial charge is 0.411 e. The quantitative estimate of drug-likeness (QED) is 0.533. The van der Waals surface area contributed by atoms with E-state index in [2.05, 4.69) is 20.9 Å². The van der Waals surface area contributed by atoms with Crippen molar-refractivity contribution in [2.24, 2.45) is 0 Å². The summed E-state index contributed by atoms with van der Waals surface area (Å²) in [7, 11) is 1.37. The van der Waals surface area contributed by atoms with Gasteiger partial charge in [0.05, 0.1) is 18.7 Å². The fourth-order valence-electron chi connectivity index (χ4n) is 3.70. The maximum absolute atomic E-state index is 12.7. The van der Waals surface area contributed by atoms with Crippen LogP contribution in [0.2, 0.25) is 0 Å². The SMILES string of the molecule is COC(=O)C1=C(c2ccc(Br)nc2)C[C@@H]2CC[C@H]1N2C(=O)OC(C)(C)C. The van der Waals surface area contributed by atoms with Gasteiger partial charge < -0.3 is 9.47 Å². The maximum Gasteiger partial charge on any atom is 0.411 e. The van der Waals surface area contributed by atoms with Crippen molar-refractivity contribution in [3.8, 4) is 0 Å². The van der Waals surface area contributed by atoms with Gasteiger partial charge in [0.1, 0.15) is 10.2 Å². The number of rotatable bonds is 2. The first-order valence-electron chi connectivity index (χ1n) is 8.66. The second-order valence-corrected chi connectivity index (χ2v) is 8.40. The van der Waals surface area contributed by atoms with Crippen molar-refractivity contribution < 1.29 is 19.1 Å². The van der Waals surface area contributed by atoms with Crippen LogP contribution in [-0.2, 0) is 14.3 Å². The molecule has 1 aromatic heterocycles. The van der Waals surface area contributed by atoms with Crippen LogP contribution in [0.4, 0.5) is 4.79 Å². The van der Waals surface area contributed by atoms with Crippen molar-refractivity contribution in [2.75, 3.05) is 7.11 Å². The molecule has 6 nitrogen and oxygen atoms in total. The lowest BCUT2D eigenvalue weighted by atomic mass is 9.89. The fraction of sp³-hybridized carbons (Fsp3) is 0.526. The molecular weight excluding hydrogens is 400 g/mol. The van der Waals surface area contributed by atoms with E-state index in [9.17, 15) is 9.59 Å². The van der Waals surface area contributed by atoms with Crippen LogP contribution in [0.1, 0.15) is 45.6 Å². The van der Waals surface area contributed by atoms with Crippen molar-refractivity contribution in [3.63, 3.8) is 0 Å². The van der Waals surface area contributed by atoms with E-state index in [-0.39, 0.29) is 18.2 Å². The van der Waals surface area contributed by atoms with E-state index in [4.69, 9.17) is 9.47 Å². The number of nitrogens with zero attached hydrogens (tertiary/aromatic N) is 2. The number of carbonyl (C=O) groups excluding carboxylic acids is 2. The van der Waals surface area contributed by atoms with Crippen molar-refractivity contribution in [2.45, 2.75) is 57.7 Å². The first-order chi connectivity index (χ1) is 12.2. The van der Waals surface area contributed by atoms with Gasteiger partial charge in [-0.2, -0.15) is 0 Å². The molecule has 2 atom stereocenters. The Kier molecular flexibility index (Phi) is 5.10. The summed E-state index contributed by atoms with van der Waals surface area (Å²) in [4.78, 5) is 31.3. The number of hydrogen-bond acceptors (Lipinski definition) is 5. The minimum atomic E-state index is -0.582. The van der Waals surface area contributed by atoms with E-state index in [1.54, 1.807) is 11.1 Å². The fourth-order valence-corrected chi connectivity index (χ4v) is 3.94. The van der Waals surface area contributed by atoms with Gasteiger partial charge in [-0.3, -0.25) is 4.90 Å².